The highest BCUT2D eigenvalue weighted by atomic mass is 79.9. The van der Waals surface area contributed by atoms with Gasteiger partial charge in [-0.15, -0.1) is 4.83 Å². The average molecular weight is 517 g/mol. The molecule has 0 radical (unpaired) electrons. The molecule has 0 spiro atoms. The maximum absolute atomic E-state index is 13.8. The van der Waals surface area contributed by atoms with Crippen molar-refractivity contribution < 1.29 is 26.7 Å². The molecule has 0 heterocycles. The number of benzene rings is 2. The average Bonchev–Trinajstić information content (AvgIpc) is 2.64. The Morgan fingerprint density at radius 2 is 1.61 bits per heavy atom. The number of halogens is 3. The summed E-state index contributed by atoms with van der Waals surface area (Å²) in [6, 6.07) is 11.9. The minimum absolute atomic E-state index is 0.124. The van der Waals surface area contributed by atoms with Crippen LogP contribution in [0.25, 0.3) is 5.57 Å². The normalized spacial score (nSPS) is 11.7. The highest BCUT2D eigenvalue weighted by Crippen LogP contribution is 2.25. The lowest BCUT2D eigenvalue weighted by Crippen LogP contribution is -2.48. The number of nitrogens with one attached hydrogen (secondary N) is 1. The van der Waals surface area contributed by atoms with Crippen molar-refractivity contribution >= 4 is 37.6 Å². The lowest BCUT2D eigenvalue weighted by Gasteiger charge is -2.28. The van der Waals surface area contributed by atoms with Gasteiger partial charge in [0.15, 0.2) is 0 Å². The number of hydrogen-bond donors (Lipinski definition) is 1. The summed E-state index contributed by atoms with van der Waals surface area (Å²) in [5.74, 6) is 0. The van der Waals surface area contributed by atoms with E-state index in [1.54, 1.807) is 52.0 Å². The second kappa shape index (κ2) is 9.88. The van der Waals surface area contributed by atoms with Gasteiger partial charge >= 0.3 is 6.09 Å². The van der Waals surface area contributed by atoms with Crippen molar-refractivity contribution in [2.24, 2.45) is 0 Å². The zero-order chi connectivity index (χ0) is 23.4. The van der Waals surface area contributed by atoms with Gasteiger partial charge in [0, 0.05) is 10.0 Å². The van der Waals surface area contributed by atoms with Crippen LogP contribution in [0.2, 0.25) is 0 Å². The summed E-state index contributed by atoms with van der Waals surface area (Å²) in [7, 11) is -4.24. The number of carbonyl (C=O) groups is 1. The van der Waals surface area contributed by atoms with Crippen molar-refractivity contribution in [1.82, 2.24) is 9.84 Å². The van der Waals surface area contributed by atoms with E-state index in [9.17, 15) is 22.0 Å². The lowest BCUT2D eigenvalue weighted by atomic mass is 10.1. The van der Waals surface area contributed by atoms with E-state index >= 15 is 0 Å². The van der Waals surface area contributed by atoms with Gasteiger partial charge in [-0.25, -0.2) is 18.2 Å². The predicted octanol–water partition coefficient (Wildman–Crippen LogP) is 5.50. The third-order valence-electron chi connectivity index (χ3n) is 3.91. The molecule has 0 bridgehead atoms. The molecule has 2 aromatic carbocycles. The molecule has 1 amide bonds. The number of sulfonamides is 1. The van der Waals surface area contributed by atoms with Gasteiger partial charge in [0.2, 0.25) is 0 Å². The first-order chi connectivity index (χ1) is 14.3. The molecule has 0 aliphatic rings. The van der Waals surface area contributed by atoms with Crippen molar-refractivity contribution in [3.63, 3.8) is 0 Å². The maximum Gasteiger partial charge on any atom is 0.425 e. The van der Waals surface area contributed by atoms with Gasteiger partial charge in [0.1, 0.15) is 5.60 Å². The molecule has 6 nitrogen and oxygen atoms in total. The van der Waals surface area contributed by atoms with Crippen LogP contribution in [0.3, 0.4) is 0 Å². The van der Waals surface area contributed by atoms with Gasteiger partial charge in [-0.05, 0) is 57.5 Å². The molecule has 0 fully saturated rings. The minimum Gasteiger partial charge on any atom is -0.443 e. The smallest absolute Gasteiger partial charge is 0.425 e. The highest BCUT2D eigenvalue weighted by molar-refractivity contribution is 9.10. The second-order valence-electron chi connectivity index (χ2n) is 7.72. The zero-order valence-corrected chi connectivity index (χ0v) is 19.9. The van der Waals surface area contributed by atoms with Crippen LogP contribution < -0.4 is 4.83 Å². The quantitative estimate of drug-likeness (QED) is 0.514. The van der Waals surface area contributed by atoms with Gasteiger partial charge in [-0.2, -0.15) is 8.78 Å². The van der Waals surface area contributed by atoms with Crippen molar-refractivity contribution in [3.05, 3.63) is 70.2 Å². The van der Waals surface area contributed by atoms with Crippen molar-refractivity contribution in [2.45, 2.75) is 38.2 Å². The molecule has 1 N–H and O–H groups in total. The Labute approximate surface area is 189 Å². The first-order valence-electron chi connectivity index (χ1n) is 9.18. The summed E-state index contributed by atoms with van der Waals surface area (Å²) >= 11 is 3.23. The third-order valence-corrected chi connectivity index (χ3v) is 5.79. The van der Waals surface area contributed by atoms with Crippen LogP contribution in [0, 0.1) is 6.92 Å². The number of hydrogen-bond acceptors (Lipinski definition) is 4. The first-order valence-corrected chi connectivity index (χ1v) is 11.5. The number of hydrazine groups is 1. The van der Waals surface area contributed by atoms with Crippen LogP contribution in [-0.4, -0.2) is 31.7 Å². The summed E-state index contributed by atoms with van der Waals surface area (Å²) in [6.45, 7) is 5.79. The Balaban J connectivity index is 2.42. The molecule has 0 aliphatic heterocycles. The second-order valence-corrected chi connectivity index (χ2v) is 10.3. The molecule has 31 heavy (non-hydrogen) atoms. The minimum atomic E-state index is -4.24. The van der Waals surface area contributed by atoms with E-state index in [2.05, 4.69) is 20.8 Å². The van der Waals surface area contributed by atoms with Crippen molar-refractivity contribution in [3.8, 4) is 0 Å². The summed E-state index contributed by atoms with van der Waals surface area (Å²) < 4.78 is 59.0. The fraction of sp³-hybridized carbons (Fsp3) is 0.286. The van der Waals surface area contributed by atoms with Crippen molar-refractivity contribution in [1.29, 1.82) is 0 Å². The lowest BCUT2D eigenvalue weighted by molar-refractivity contribution is 0.0231. The fourth-order valence-corrected chi connectivity index (χ4v) is 3.73. The van der Waals surface area contributed by atoms with E-state index in [4.69, 9.17) is 4.74 Å². The molecule has 0 aliphatic carbocycles. The van der Waals surface area contributed by atoms with E-state index in [0.29, 0.717) is 9.48 Å². The molecule has 0 saturated carbocycles. The van der Waals surface area contributed by atoms with Crippen LogP contribution >= 0.6 is 15.9 Å². The molecule has 0 unspecified atom stereocenters. The molecular weight excluding hydrogens is 494 g/mol. The summed E-state index contributed by atoms with van der Waals surface area (Å²) in [6.07, 6.45) is -3.16. The summed E-state index contributed by atoms with van der Waals surface area (Å²) in [5, 5.41) is 0.525. The Bertz CT molecular complexity index is 1060. The van der Waals surface area contributed by atoms with Crippen LogP contribution in [0.1, 0.15) is 31.9 Å². The van der Waals surface area contributed by atoms with E-state index in [0.717, 1.165) is 5.56 Å². The molecule has 168 valence electrons. The van der Waals surface area contributed by atoms with Crippen LogP contribution in [0.5, 0.6) is 0 Å². The highest BCUT2D eigenvalue weighted by Gasteiger charge is 2.29. The van der Waals surface area contributed by atoms with Gasteiger partial charge in [-0.3, -0.25) is 0 Å². The number of aryl methyl sites for hydroxylation is 1. The van der Waals surface area contributed by atoms with E-state index in [1.165, 1.54) is 24.3 Å². The molecule has 0 saturated heterocycles. The fourth-order valence-electron chi connectivity index (χ4n) is 2.44. The Hall–Kier alpha value is -2.30. The molecule has 10 heteroatoms. The Morgan fingerprint density at radius 3 is 2.10 bits per heavy atom. The number of carbonyl (C=O) groups excluding carboxylic acids is 1. The van der Waals surface area contributed by atoms with Gasteiger partial charge in [0.25, 0.3) is 16.1 Å². The van der Waals surface area contributed by atoms with Crippen LogP contribution in [0.4, 0.5) is 13.6 Å². The zero-order valence-electron chi connectivity index (χ0n) is 17.4. The standard InChI is InChI=1S/C21H23BrF2N2O4S/c1-14-5-11-17(12-6-14)31(28,29)25-26(20(27)30-21(2,3)4)13-18(19(23)24)15-7-9-16(22)10-8-15/h5-12,25H,13H2,1-4H3. The number of ether oxygens (including phenoxy) is 1. The molecular formula is C21H23BrF2N2O4S. The summed E-state index contributed by atoms with van der Waals surface area (Å²) in [5.41, 5.74) is -0.528. The topological polar surface area (TPSA) is 75.7 Å². The van der Waals surface area contributed by atoms with Crippen LogP contribution in [0.15, 0.2) is 64.0 Å². The van der Waals surface area contributed by atoms with E-state index < -0.39 is 39.9 Å². The number of rotatable bonds is 6. The maximum atomic E-state index is 13.8. The van der Waals surface area contributed by atoms with Crippen molar-refractivity contribution in [2.75, 3.05) is 6.54 Å². The first kappa shape index (κ1) is 25.0. The molecule has 2 rings (SSSR count). The van der Waals surface area contributed by atoms with Gasteiger partial charge < -0.3 is 4.74 Å². The molecule has 0 atom stereocenters. The molecule has 0 aromatic heterocycles. The largest absolute Gasteiger partial charge is 0.443 e. The Kier molecular flexibility index (Phi) is 7.96. The predicted molar refractivity (Wildman–Crippen MR) is 118 cm³/mol. The summed E-state index contributed by atoms with van der Waals surface area (Å²) in [4.78, 5) is 14.6. The van der Waals surface area contributed by atoms with Gasteiger partial charge in [-0.1, -0.05) is 45.8 Å². The van der Waals surface area contributed by atoms with E-state index in [-0.39, 0.29) is 10.5 Å². The monoisotopic (exact) mass is 516 g/mol. The SMILES string of the molecule is Cc1ccc(S(=O)(=O)NN(CC(=C(F)F)c2ccc(Br)cc2)C(=O)OC(C)(C)C)cc1. The van der Waals surface area contributed by atoms with Crippen LogP contribution in [-0.2, 0) is 14.8 Å². The number of amides is 1. The van der Waals surface area contributed by atoms with E-state index in [1.807, 2.05) is 0 Å². The van der Waals surface area contributed by atoms with Gasteiger partial charge in [0.05, 0.1) is 11.4 Å². The molecule has 2 aromatic rings. The number of nitrogens with zero attached hydrogens (tertiary/aromatic N) is 1. The Morgan fingerprint density at radius 1 is 1.06 bits per heavy atom. The third kappa shape index (κ3) is 7.41.